The predicted octanol–water partition coefficient (Wildman–Crippen LogP) is 3.43. The number of rotatable bonds is 8. The van der Waals surface area contributed by atoms with Crippen molar-refractivity contribution in [2.75, 3.05) is 33.2 Å². The molecule has 0 bridgehead atoms. The molecule has 10 heteroatoms. The first-order chi connectivity index (χ1) is 15.5. The van der Waals surface area contributed by atoms with Crippen LogP contribution in [0.2, 0.25) is 0 Å². The Hall–Kier alpha value is -2.21. The Morgan fingerprint density at radius 3 is 2.61 bits per heavy atom. The minimum atomic E-state index is -0.508. The van der Waals surface area contributed by atoms with Gasteiger partial charge in [0, 0.05) is 50.4 Å². The van der Waals surface area contributed by atoms with E-state index < -0.39 is 11.6 Å². The largest absolute Gasteiger partial charge is 0.459 e. The Kier molecular flexibility index (Phi) is 11.0. The van der Waals surface area contributed by atoms with E-state index in [2.05, 4.69) is 25.8 Å². The Morgan fingerprint density at radius 2 is 1.94 bits per heavy atom. The molecule has 2 aromatic rings. The van der Waals surface area contributed by atoms with E-state index in [1.807, 2.05) is 6.92 Å². The van der Waals surface area contributed by atoms with E-state index in [4.69, 9.17) is 4.42 Å². The zero-order chi connectivity index (χ0) is 22.9. The van der Waals surface area contributed by atoms with Crippen LogP contribution in [0, 0.1) is 18.6 Å². The molecule has 7 nitrogen and oxygen atoms in total. The monoisotopic (exact) mass is 575 g/mol. The number of halogens is 3. The van der Waals surface area contributed by atoms with Crippen LogP contribution >= 0.6 is 24.0 Å². The van der Waals surface area contributed by atoms with Gasteiger partial charge >= 0.3 is 0 Å². The topological polar surface area (TPSA) is 81.9 Å². The Balaban J connectivity index is 0.00000385. The number of hydrogen-bond acceptors (Lipinski definition) is 4. The molecule has 3 rings (SSSR count). The van der Waals surface area contributed by atoms with Crippen molar-refractivity contribution in [2.24, 2.45) is 4.99 Å². The fourth-order valence-electron chi connectivity index (χ4n) is 3.79. The second-order valence-corrected chi connectivity index (χ2v) is 7.96. The van der Waals surface area contributed by atoms with Crippen LogP contribution in [-0.4, -0.2) is 56.0 Å². The predicted molar refractivity (Wildman–Crippen MR) is 135 cm³/mol. The third-order valence-corrected chi connectivity index (χ3v) is 5.51. The van der Waals surface area contributed by atoms with Crippen molar-refractivity contribution in [3.8, 4) is 0 Å². The van der Waals surface area contributed by atoms with Gasteiger partial charge in [0.05, 0.1) is 6.26 Å². The quantitative estimate of drug-likeness (QED) is 0.195. The van der Waals surface area contributed by atoms with Crippen molar-refractivity contribution in [2.45, 2.75) is 38.8 Å². The molecule has 2 heterocycles. The van der Waals surface area contributed by atoms with Gasteiger partial charge in [-0.1, -0.05) is 6.07 Å². The van der Waals surface area contributed by atoms with E-state index in [1.165, 1.54) is 24.5 Å². The number of piperidine rings is 1. The fraction of sp³-hybridized carbons (Fsp3) is 0.478. The maximum atomic E-state index is 14.0. The van der Waals surface area contributed by atoms with Gasteiger partial charge < -0.3 is 20.4 Å². The number of guanidine groups is 1. The summed E-state index contributed by atoms with van der Waals surface area (Å²) in [6.45, 7) is 4.69. The molecule has 1 aromatic heterocycles. The van der Waals surface area contributed by atoms with Crippen molar-refractivity contribution in [1.29, 1.82) is 0 Å². The molecule has 1 aromatic carbocycles. The van der Waals surface area contributed by atoms with Gasteiger partial charge in [0.25, 0.3) is 5.91 Å². The van der Waals surface area contributed by atoms with E-state index in [0.717, 1.165) is 31.4 Å². The molecule has 1 aliphatic rings. The van der Waals surface area contributed by atoms with Gasteiger partial charge in [0.2, 0.25) is 0 Å². The van der Waals surface area contributed by atoms with E-state index in [9.17, 15) is 13.6 Å². The molecule has 0 radical (unpaired) electrons. The first kappa shape index (κ1) is 27.0. The molecular formula is C23H32F2IN5O2. The van der Waals surface area contributed by atoms with Crippen LogP contribution in [0.5, 0.6) is 0 Å². The highest BCUT2D eigenvalue weighted by molar-refractivity contribution is 14.0. The van der Waals surface area contributed by atoms with Gasteiger partial charge in [-0.25, -0.2) is 8.78 Å². The standard InChI is InChI=1S/C23H31F2N5O2.HI/c1-16-9-13-32-21(16)22(31)27-10-5-11-28-23(26-2)29-17-6-4-12-30(14-17)15-18-19(24)7-3-8-20(18)25;/h3,7-9,13,17H,4-6,10-12,14-15H2,1-2H3,(H,27,31)(H2,26,28,29);1H. The molecule has 1 aliphatic heterocycles. The summed E-state index contributed by atoms with van der Waals surface area (Å²) in [6, 6.07) is 5.86. The summed E-state index contributed by atoms with van der Waals surface area (Å²) >= 11 is 0. The van der Waals surface area contributed by atoms with Crippen molar-refractivity contribution in [3.05, 3.63) is 59.1 Å². The minimum absolute atomic E-state index is 0. The Morgan fingerprint density at radius 1 is 1.21 bits per heavy atom. The molecule has 1 amide bonds. The van der Waals surface area contributed by atoms with Crippen molar-refractivity contribution >= 4 is 35.8 Å². The highest BCUT2D eigenvalue weighted by Gasteiger charge is 2.22. The lowest BCUT2D eigenvalue weighted by atomic mass is 10.0. The van der Waals surface area contributed by atoms with Gasteiger partial charge in [-0.3, -0.25) is 14.7 Å². The van der Waals surface area contributed by atoms with E-state index >= 15 is 0 Å². The number of hydrogen-bond donors (Lipinski definition) is 3. The summed E-state index contributed by atoms with van der Waals surface area (Å²) in [7, 11) is 1.70. The molecule has 1 fully saturated rings. The smallest absolute Gasteiger partial charge is 0.287 e. The number of benzene rings is 1. The molecule has 1 saturated heterocycles. The summed E-state index contributed by atoms with van der Waals surface area (Å²) in [5, 5.41) is 9.47. The average molecular weight is 575 g/mol. The van der Waals surface area contributed by atoms with E-state index in [0.29, 0.717) is 31.4 Å². The summed E-state index contributed by atoms with van der Waals surface area (Å²) in [5.74, 6) is -0.225. The van der Waals surface area contributed by atoms with Crippen LogP contribution in [0.3, 0.4) is 0 Å². The number of aliphatic imine (C=N–C) groups is 1. The molecule has 3 N–H and O–H groups in total. The summed E-state index contributed by atoms with van der Waals surface area (Å²) in [6.07, 6.45) is 4.11. The van der Waals surface area contributed by atoms with E-state index in [1.54, 1.807) is 13.1 Å². The van der Waals surface area contributed by atoms with Crippen molar-refractivity contribution < 1.29 is 18.0 Å². The summed E-state index contributed by atoms with van der Waals surface area (Å²) in [5.41, 5.74) is 0.923. The zero-order valence-corrected chi connectivity index (χ0v) is 21.3. The number of aryl methyl sites for hydroxylation is 1. The van der Waals surface area contributed by atoms with Gasteiger partial charge in [0.1, 0.15) is 11.6 Å². The van der Waals surface area contributed by atoms with Crippen LogP contribution < -0.4 is 16.0 Å². The molecule has 33 heavy (non-hydrogen) atoms. The highest BCUT2D eigenvalue weighted by atomic mass is 127. The van der Waals surface area contributed by atoms with Crippen LogP contribution in [0.15, 0.2) is 39.9 Å². The van der Waals surface area contributed by atoms with Gasteiger partial charge in [-0.2, -0.15) is 0 Å². The molecule has 0 saturated carbocycles. The lowest BCUT2D eigenvalue weighted by molar-refractivity contribution is 0.0925. The molecule has 1 unspecified atom stereocenters. The maximum absolute atomic E-state index is 14.0. The number of amides is 1. The lowest BCUT2D eigenvalue weighted by Crippen LogP contribution is -2.51. The maximum Gasteiger partial charge on any atom is 0.287 e. The summed E-state index contributed by atoms with van der Waals surface area (Å²) in [4.78, 5) is 18.3. The zero-order valence-electron chi connectivity index (χ0n) is 19.0. The number of carbonyl (C=O) groups excluding carboxylic acids is 1. The SMILES string of the molecule is CN=C(NCCCNC(=O)c1occc1C)NC1CCCN(Cc2c(F)cccc2F)C1.I. The van der Waals surface area contributed by atoms with Gasteiger partial charge in [-0.15, -0.1) is 24.0 Å². The van der Waals surface area contributed by atoms with Crippen LogP contribution in [0.25, 0.3) is 0 Å². The first-order valence-electron chi connectivity index (χ1n) is 10.9. The molecule has 182 valence electrons. The molecule has 0 aliphatic carbocycles. The van der Waals surface area contributed by atoms with Crippen molar-refractivity contribution in [1.82, 2.24) is 20.9 Å². The lowest BCUT2D eigenvalue weighted by Gasteiger charge is -2.34. The van der Waals surface area contributed by atoms with Crippen LogP contribution in [-0.2, 0) is 6.54 Å². The third-order valence-electron chi connectivity index (χ3n) is 5.51. The second kappa shape index (κ2) is 13.5. The summed E-state index contributed by atoms with van der Waals surface area (Å²) < 4.78 is 33.1. The second-order valence-electron chi connectivity index (χ2n) is 7.96. The fourth-order valence-corrected chi connectivity index (χ4v) is 3.79. The van der Waals surface area contributed by atoms with Crippen LogP contribution in [0.4, 0.5) is 8.78 Å². The Bertz CT molecular complexity index is 917. The Labute approximate surface area is 210 Å². The van der Waals surface area contributed by atoms with Gasteiger partial charge in [-0.05, 0) is 50.9 Å². The number of nitrogens with zero attached hydrogens (tertiary/aromatic N) is 2. The van der Waals surface area contributed by atoms with Crippen LogP contribution in [0.1, 0.15) is 40.9 Å². The minimum Gasteiger partial charge on any atom is -0.459 e. The molecular weight excluding hydrogens is 543 g/mol. The third kappa shape index (κ3) is 7.95. The normalized spacial score (nSPS) is 16.7. The number of likely N-dealkylation sites (tertiary alicyclic amines) is 1. The molecule has 1 atom stereocenters. The number of furan rings is 1. The number of nitrogens with one attached hydrogen (secondary N) is 3. The van der Waals surface area contributed by atoms with Gasteiger partial charge in [0.15, 0.2) is 11.7 Å². The van der Waals surface area contributed by atoms with Crippen molar-refractivity contribution in [3.63, 3.8) is 0 Å². The number of carbonyl (C=O) groups is 1. The average Bonchev–Trinajstić information content (AvgIpc) is 3.21. The van der Waals surface area contributed by atoms with E-state index in [-0.39, 0.29) is 48.0 Å². The molecule has 0 spiro atoms. The highest BCUT2D eigenvalue weighted by Crippen LogP contribution is 2.18. The first-order valence-corrected chi connectivity index (χ1v) is 10.9.